The van der Waals surface area contributed by atoms with Gasteiger partial charge in [0.05, 0.1) is 38.1 Å². The minimum atomic E-state index is -0.452. The minimum Gasteiger partial charge on any atom is -0.349 e. The molecule has 3 heterocycles. The summed E-state index contributed by atoms with van der Waals surface area (Å²) in [5.41, 5.74) is 4.21. The molecular formula is C26H18Cl3N3O2. The van der Waals surface area contributed by atoms with Crippen LogP contribution in [0.5, 0.6) is 0 Å². The van der Waals surface area contributed by atoms with Gasteiger partial charge in [-0.1, -0.05) is 65.1 Å². The van der Waals surface area contributed by atoms with E-state index in [2.05, 4.69) is 4.90 Å². The van der Waals surface area contributed by atoms with Crippen molar-refractivity contribution in [1.82, 2.24) is 9.47 Å². The molecule has 0 saturated heterocycles. The van der Waals surface area contributed by atoms with Gasteiger partial charge >= 0.3 is 0 Å². The lowest BCUT2D eigenvalue weighted by Crippen LogP contribution is -2.51. The van der Waals surface area contributed by atoms with Crippen molar-refractivity contribution in [3.05, 3.63) is 98.1 Å². The van der Waals surface area contributed by atoms with Crippen molar-refractivity contribution in [2.75, 3.05) is 18.5 Å². The summed E-state index contributed by atoms with van der Waals surface area (Å²) in [4.78, 5) is 31.4. The molecule has 2 aliphatic rings. The molecule has 1 unspecified atom stereocenters. The van der Waals surface area contributed by atoms with Crippen LogP contribution < -0.4 is 4.90 Å². The fourth-order valence-corrected chi connectivity index (χ4v) is 6.27. The van der Waals surface area contributed by atoms with E-state index in [1.54, 1.807) is 4.57 Å². The molecule has 0 fully saturated rings. The molecule has 4 aromatic rings. The zero-order chi connectivity index (χ0) is 23.7. The Labute approximate surface area is 211 Å². The molecule has 0 spiro atoms. The highest BCUT2D eigenvalue weighted by Crippen LogP contribution is 2.45. The van der Waals surface area contributed by atoms with Crippen molar-refractivity contribution >= 4 is 63.2 Å². The highest BCUT2D eigenvalue weighted by Gasteiger charge is 2.43. The Hall–Kier alpha value is -2.99. The van der Waals surface area contributed by atoms with E-state index >= 15 is 0 Å². The Morgan fingerprint density at radius 3 is 2.41 bits per heavy atom. The molecule has 0 radical (unpaired) electrons. The number of carbonyl (C=O) groups is 2. The van der Waals surface area contributed by atoms with Crippen molar-refractivity contribution in [3.8, 4) is 0 Å². The van der Waals surface area contributed by atoms with Gasteiger partial charge in [0.2, 0.25) is 0 Å². The number of benzene rings is 3. The first-order valence-electron chi connectivity index (χ1n) is 10.8. The molecule has 0 saturated carbocycles. The number of anilines is 1. The Morgan fingerprint density at radius 1 is 0.971 bits per heavy atom. The molecule has 6 rings (SSSR count). The largest absolute Gasteiger partial charge is 0.349 e. The third kappa shape index (κ3) is 2.94. The number of aromatic nitrogens is 1. The van der Waals surface area contributed by atoms with E-state index in [0.29, 0.717) is 23.6 Å². The summed E-state index contributed by atoms with van der Waals surface area (Å²) in [5.74, 6) is -0.401. The molecule has 1 amide bonds. The molecule has 3 aromatic carbocycles. The second kappa shape index (κ2) is 7.77. The van der Waals surface area contributed by atoms with Gasteiger partial charge < -0.3 is 9.80 Å². The zero-order valence-electron chi connectivity index (χ0n) is 18.1. The van der Waals surface area contributed by atoms with Crippen molar-refractivity contribution in [2.45, 2.75) is 12.6 Å². The Balaban J connectivity index is 1.64. The lowest BCUT2D eigenvalue weighted by Gasteiger charge is -2.46. The van der Waals surface area contributed by atoms with Gasteiger partial charge in [-0.05, 0) is 42.3 Å². The first-order chi connectivity index (χ1) is 16.4. The van der Waals surface area contributed by atoms with Gasteiger partial charge in [-0.15, -0.1) is 0 Å². The molecule has 170 valence electrons. The highest BCUT2D eigenvalue weighted by atomic mass is 35.5. The zero-order valence-corrected chi connectivity index (χ0v) is 20.3. The van der Waals surface area contributed by atoms with Crippen LogP contribution in [0.2, 0.25) is 15.1 Å². The minimum absolute atomic E-state index is 0.0452. The number of hydrogen-bond acceptors (Lipinski definition) is 3. The molecule has 1 aromatic heterocycles. The summed E-state index contributed by atoms with van der Waals surface area (Å²) in [5, 5.41) is 1.69. The van der Waals surface area contributed by atoms with Crippen LogP contribution in [0, 0.1) is 0 Å². The lowest BCUT2D eigenvalue weighted by molar-refractivity contribution is 0.0624. The smallest absolute Gasteiger partial charge is 0.265 e. The predicted molar refractivity (Wildman–Crippen MR) is 135 cm³/mol. The quantitative estimate of drug-likeness (QED) is 0.296. The maximum absolute atomic E-state index is 14.1. The molecule has 1 atom stereocenters. The van der Waals surface area contributed by atoms with Crippen LogP contribution in [0.1, 0.15) is 38.1 Å². The number of fused-ring (bicyclic) bond motifs is 6. The average molecular weight is 511 g/mol. The van der Waals surface area contributed by atoms with E-state index in [1.807, 2.05) is 60.5 Å². The van der Waals surface area contributed by atoms with Gasteiger partial charge in [0.25, 0.3) is 11.8 Å². The van der Waals surface area contributed by atoms with Crippen LogP contribution >= 0.6 is 34.8 Å². The SMILES string of the molecule is CN1c2ccccc2C(=O)N2CCc3c(n(C(=O)c4c(Cl)cc(Cl)cc4Cl)c4ccccc34)C21. The molecule has 0 bridgehead atoms. The average Bonchev–Trinajstić information content (AvgIpc) is 3.16. The number of hydrogen-bond donors (Lipinski definition) is 0. The molecular weight excluding hydrogens is 493 g/mol. The Morgan fingerprint density at radius 2 is 1.65 bits per heavy atom. The summed E-state index contributed by atoms with van der Waals surface area (Å²) in [6.45, 7) is 0.555. The lowest BCUT2D eigenvalue weighted by atomic mass is 9.96. The maximum Gasteiger partial charge on any atom is 0.265 e. The first kappa shape index (κ1) is 21.5. The maximum atomic E-state index is 14.1. The monoisotopic (exact) mass is 509 g/mol. The second-order valence-corrected chi connectivity index (χ2v) is 9.77. The molecule has 34 heavy (non-hydrogen) atoms. The van der Waals surface area contributed by atoms with E-state index in [4.69, 9.17) is 34.8 Å². The fraction of sp³-hybridized carbons (Fsp3) is 0.154. The second-order valence-electron chi connectivity index (χ2n) is 8.52. The van der Waals surface area contributed by atoms with Crippen molar-refractivity contribution in [2.24, 2.45) is 0 Å². The summed E-state index contributed by atoms with van der Waals surface area (Å²) in [7, 11) is 1.95. The van der Waals surface area contributed by atoms with E-state index < -0.39 is 6.17 Å². The van der Waals surface area contributed by atoms with E-state index in [1.165, 1.54) is 12.1 Å². The van der Waals surface area contributed by atoms with E-state index in [9.17, 15) is 9.59 Å². The standard InChI is InChI=1S/C26H18Cl3N3O2/c1-30-20-8-4-3-7-17(20)25(33)31-11-10-16-15-6-2-5-9-21(15)32(23(16)24(30)31)26(34)22-18(28)12-14(27)13-19(22)29/h2-9,12-13,24H,10-11H2,1H3. The Kier molecular flexibility index (Phi) is 4.92. The third-order valence-corrected chi connectivity index (χ3v) is 7.54. The summed E-state index contributed by atoms with van der Waals surface area (Å²) >= 11 is 19.0. The molecule has 5 nitrogen and oxygen atoms in total. The first-order valence-corrected chi connectivity index (χ1v) is 12.0. The van der Waals surface area contributed by atoms with Crippen LogP contribution in [0.4, 0.5) is 5.69 Å². The summed E-state index contributed by atoms with van der Waals surface area (Å²) < 4.78 is 1.67. The number of carbonyl (C=O) groups excluding carboxylic acids is 2. The molecule has 0 N–H and O–H groups in total. The van der Waals surface area contributed by atoms with Gasteiger partial charge in [0.15, 0.2) is 0 Å². The van der Waals surface area contributed by atoms with Gasteiger partial charge in [-0.2, -0.15) is 0 Å². The topological polar surface area (TPSA) is 45.6 Å². The van der Waals surface area contributed by atoms with Crippen LogP contribution in [-0.2, 0) is 6.42 Å². The predicted octanol–water partition coefficient (Wildman–Crippen LogP) is 6.44. The van der Waals surface area contributed by atoms with Gasteiger partial charge in [-0.25, -0.2) is 0 Å². The van der Waals surface area contributed by atoms with E-state index in [0.717, 1.165) is 27.8 Å². The van der Waals surface area contributed by atoms with Crippen LogP contribution in [0.25, 0.3) is 10.9 Å². The number of amides is 1. The van der Waals surface area contributed by atoms with Crippen molar-refractivity contribution < 1.29 is 9.59 Å². The van der Waals surface area contributed by atoms with Gasteiger partial charge in [0, 0.05) is 24.0 Å². The number of para-hydroxylation sites is 2. The summed E-state index contributed by atoms with van der Waals surface area (Å²) in [6, 6.07) is 18.3. The number of halogens is 3. The van der Waals surface area contributed by atoms with Crippen LogP contribution in [0.15, 0.2) is 60.7 Å². The molecule has 8 heteroatoms. The van der Waals surface area contributed by atoms with Crippen LogP contribution in [-0.4, -0.2) is 34.9 Å². The Bertz CT molecular complexity index is 1500. The van der Waals surface area contributed by atoms with Crippen LogP contribution in [0.3, 0.4) is 0 Å². The fourth-order valence-electron chi connectivity index (χ4n) is 5.29. The number of rotatable bonds is 1. The number of nitrogens with zero attached hydrogens (tertiary/aromatic N) is 3. The molecule has 2 aliphatic heterocycles. The van der Waals surface area contributed by atoms with Crippen molar-refractivity contribution in [3.63, 3.8) is 0 Å². The molecule has 0 aliphatic carbocycles. The third-order valence-electron chi connectivity index (χ3n) is 6.73. The normalized spacial score (nSPS) is 16.9. The van der Waals surface area contributed by atoms with Gasteiger partial charge in [-0.3, -0.25) is 14.2 Å². The van der Waals surface area contributed by atoms with Gasteiger partial charge in [0.1, 0.15) is 6.17 Å². The van der Waals surface area contributed by atoms with Crippen molar-refractivity contribution in [1.29, 1.82) is 0 Å². The summed E-state index contributed by atoms with van der Waals surface area (Å²) in [6.07, 6.45) is 0.184. The van der Waals surface area contributed by atoms with E-state index in [-0.39, 0.29) is 27.4 Å². The highest BCUT2D eigenvalue weighted by molar-refractivity contribution is 6.42.